The maximum Gasteiger partial charge on any atom is 0.126 e. The average Bonchev–Trinajstić information content (AvgIpc) is 2.30. The lowest BCUT2D eigenvalue weighted by Crippen LogP contribution is -2.45. The van der Waals surface area contributed by atoms with Crippen molar-refractivity contribution in [2.24, 2.45) is 0 Å². The molecule has 0 aromatic heterocycles. The van der Waals surface area contributed by atoms with Gasteiger partial charge in [0.25, 0.3) is 0 Å². The molecule has 1 fully saturated rings. The molecule has 1 heterocycles. The molecule has 0 spiro atoms. The van der Waals surface area contributed by atoms with Crippen LogP contribution in [-0.2, 0) is 0 Å². The molecule has 0 unspecified atom stereocenters. The Bertz CT molecular complexity index is 361. The van der Waals surface area contributed by atoms with Gasteiger partial charge in [0.15, 0.2) is 0 Å². The van der Waals surface area contributed by atoms with E-state index in [2.05, 4.69) is 17.1 Å². The molecule has 0 aliphatic carbocycles. The number of rotatable bonds is 3. The van der Waals surface area contributed by atoms with E-state index in [1.165, 1.54) is 12.1 Å². The van der Waals surface area contributed by atoms with Crippen LogP contribution >= 0.6 is 12.4 Å². The SMILES string of the molecule is CC[C@H](c1cc(F)cc(F)c1)N1CCNCC1.Cl. The molecule has 0 bridgehead atoms. The average molecular weight is 277 g/mol. The first-order chi connectivity index (χ1) is 8.20. The summed E-state index contributed by atoms with van der Waals surface area (Å²) in [6.45, 7) is 5.78. The Morgan fingerprint density at radius 3 is 2.22 bits per heavy atom. The standard InChI is InChI=1S/C13H18F2N2.ClH/c1-2-13(17-5-3-16-4-6-17)10-7-11(14)9-12(15)8-10;/h7-9,13,16H,2-6H2,1H3;1H/t13-;/m1./s1. The van der Waals surface area contributed by atoms with Crippen LogP contribution in [0.5, 0.6) is 0 Å². The third-order valence-electron chi connectivity index (χ3n) is 3.25. The van der Waals surface area contributed by atoms with Crippen molar-refractivity contribution in [1.29, 1.82) is 0 Å². The zero-order valence-corrected chi connectivity index (χ0v) is 11.3. The minimum atomic E-state index is -0.492. The van der Waals surface area contributed by atoms with Gasteiger partial charge in [-0.05, 0) is 24.1 Å². The van der Waals surface area contributed by atoms with Gasteiger partial charge in [0.05, 0.1) is 0 Å². The van der Waals surface area contributed by atoms with E-state index in [0.29, 0.717) is 0 Å². The molecule has 0 amide bonds. The first kappa shape index (κ1) is 15.3. The van der Waals surface area contributed by atoms with Gasteiger partial charge in [-0.1, -0.05) is 6.92 Å². The van der Waals surface area contributed by atoms with Crippen molar-refractivity contribution >= 4 is 12.4 Å². The van der Waals surface area contributed by atoms with Crippen LogP contribution in [0.3, 0.4) is 0 Å². The summed E-state index contributed by atoms with van der Waals surface area (Å²) in [5, 5.41) is 3.28. The molecule has 1 aromatic rings. The van der Waals surface area contributed by atoms with Gasteiger partial charge in [0.2, 0.25) is 0 Å². The Morgan fingerprint density at radius 2 is 1.72 bits per heavy atom. The number of benzene rings is 1. The predicted octanol–water partition coefficient (Wildman–Crippen LogP) is 2.74. The van der Waals surface area contributed by atoms with Gasteiger partial charge in [0, 0.05) is 38.3 Å². The number of hydrogen-bond donors (Lipinski definition) is 1. The topological polar surface area (TPSA) is 15.3 Å². The second kappa shape index (κ2) is 7.02. The van der Waals surface area contributed by atoms with Crippen molar-refractivity contribution in [2.45, 2.75) is 19.4 Å². The fourth-order valence-corrected chi connectivity index (χ4v) is 2.47. The minimum Gasteiger partial charge on any atom is -0.314 e. The van der Waals surface area contributed by atoms with Crippen molar-refractivity contribution in [1.82, 2.24) is 10.2 Å². The number of nitrogens with one attached hydrogen (secondary N) is 1. The van der Waals surface area contributed by atoms with Gasteiger partial charge >= 0.3 is 0 Å². The van der Waals surface area contributed by atoms with Crippen LogP contribution in [0.15, 0.2) is 18.2 Å². The summed E-state index contributed by atoms with van der Waals surface area (Å²) in [6, 6.07) is 3.93. The molecule has 2 nitrogen and oxygen atoms in total. The molecule has 1 N–H and O–H groups in total. The van der Waals surface area contributed by atoms with Crippen LogP contribution < -0.4 is 5.32 Å². The van der Waals surface area contributed by atoms with E-state index in [1.54, 1.807) is 0 Å². The highest BCUT2D eigenvalue weighted by molar-refractivity contribution is 5.85. The first-order valence-electron chi connectivity index (χ1n) is 6.11. The van der Waals surface area contributed by atoms with E-state index in [-0.39, 0.29) is 18.4 Å². The van der Waals surface area contributed by atoms with E-state index < -0.39 is 11.6 Å². The van der Waals surface area contributed by atoms with Gasteiger partial charge in [-0.25, -0.2) is 8.78 Å². The van der Waals surface area contributed by atoms with Crippen molar-refractivity contribution in [3.8, 4) is 0 Å². The highest BCUT2D eigenvalue weighted by atomic mass is 35.5. The quantitative estimate of drug-likeness (QED) is 0.913. The van der Waals surface area contributed by atoms with Crippen molar-refractivity contribution in [2.75, 3.05) is 26.2 Å². The molecule has 1 saturated heterocycles. The van der Waals surface area contributed by atoms with E-state index in [4.69, 9.17) is 0 Å². The fourth-order valence-electron chi connectivity index (χ4n) is 2.47. The minimum absolute atomic E-state index is 0. The molecule has 1 aliphatic heterocycles. The number of piperazine rings is 1. The monoisotopic (exact) mass is 276 g/mol. The molecule has 102 valence electrons. The van der Waals surface area contributed by atoms with Crippen LogP contribution in [0.2, 0.25) is 0 Å². The van der Waals surface area contributed by atoms with Gasteiger partial charge in [-0.3, -0.25) is 4.90 Å². The zero-order valence-electron chi connectivity index (χ0n) is 10.5. The van der Waals surface area contributed by atoms with Crippen molar-refractivity contribution in [3.05, 3.63) is 35.4 Å². The van der Waals surface area contributed by atoms with Crippen LogP contribution in [-0.4, -0.2) is 31.1 Å². The van der Waals surface area contributed by atoms with Crippen LogP contribution in [0.25, 0.3) is 0 Å². The molecule has 0 saturated carbocycles. The molecule has 0 radical (unpaired) electrons. The predicted molar refractivity (Wildman–Crippen MR) is 71.1 cm³/mol. The second-order valence-corrected chi connectivity index (χ2v) is 4.41. The molecule has 1 aromatic carbocycles. The summed E-state index contributed by atoms with van der Waals surface area (Å²) in [5.74, 6) is -0.984. The summed E-state index contributed by atoms with van der Waals surface area (Å²) in [6.07, 6.45) is 0.864. The maximum atomic E-state index is 13.2. The second-order valence-electron chi connectivity index (χ2n) is 4.41. The molecule has 2 rings (SSSR count). The molecule has 1 atom stereocenters. The Balaban J connectivity index is 0.00000162. The molecular weight excluding hydrogens is 258 g/mol. The van der Waals surface area contributed by atoms with Gasteiger partial charge in [-0.2, -0.15) is 0 Å². The normalized spacial score (nSPS) is 18.2. The lowest BCUT2D eigenvalue weighted by molar-refractivity contribution is 0.169. The highest BCUT2D eigenvalue weighted by Crippen LogP contribution is 2.25. The van der Waals surface area contributed by atoms with Crippen molar-refractivity contribution < 1.29 is 8.78 Å². The summed E-state index contributed by atoms with van der Waals surface area (Å²) in [4.78, 5) is 2.28. The van der Waals surface area contributed by atoms with Gasteiger partial charge in [0.1, 0.15) is 11.6 Å². The zero-order chi connectivity index (χ0) is 12.3. The number of hydrogen-bond acceptors (Lipinski definition) is 2. The summed E-state index contributed by atoms with van der Waals surface area (Å²) >= 11 is 0. The Hall–Kier alpha value is -0.710. The lowest BCUT2D eigenvalue weighted by atomic mass is 10.0. The van der Waals surface area contributed by atoms with Crippen LogP contribution in [0.1, 0.15) is 24.9 Å². The molecular formula is C13H19ClF2N2. The largest absolute Gasteiger partial charge is 0.314 e. The smallest absolute Gasteiger partial charge is 0.126 e. The Labute approximate surface area is 113 Å². The summed E-state index contributed by atoms with van der Waals surface area (Å²) in [5.41, 5.74) is 0.743. The van der Waals surface area contributed by atoms with Gasteiger partial charge < -0.3 is 5.32 Å². The first-order valence-corrected chi connectivity index (χ1v) is 6.11. The molecule has 18 heavy (non-hydrogen) atoms. The Morgan fingerprint density at radius 1 is 1.17 bits per heavy atom. The van der Waals surface area contributed by atoms with E-state index in [1.807, 2.05) is 0 Å². The van der Waals surface area contributed by atoms with Gasteiger partial charge in [-0.15, -0.1) is 12.4 Å². The Kier molecular flexibility index (Phi) is 5.99. The number of halogens is 3. The molecule has 1 aliphatic rings. The third-order valence-corrected chi connectivity index (χ3v) is 3.25. The van der Waals surface area contributed by atoms with E-state index in [0.717, 1.165) is 44.2 Å². The fraction of sp³-hybridized carbons (Fsp3) is 0.538. The summed E-state index contributed by atoms with van der Waals surface area (Å²) < 4.78 is 26.4. The van der Waals surface area contributed by atoms with E-state index in [9.17, 15) is 8.78 Å². The lowest BCUT2D eigenvalue weighted by Gasteiger charge is -2.34. The third kappa shape index (κ3) is 3.64. The molecule has 5 heteroatoms. The maximum absolute atomic E-state index is 13.2. The highest BCUT2D eigenvalue weighted by Gasteiger charge is 2.21. The van der Waals surface area contributed by atoms with Crippen LogP contribution in [0.4, 0.5) is 8.78 Å². The van der Waals surface area contributed by atoms with E-state index >= 15 is 0 Å². The number of nitrogens with zero attached hydrogens (tertiary/aromatic N) is 1. The van der Waals surface area contributed by atoms with Crippen molar-refractivity contribution in [3.63, 3.8) is 0 Å². The summed E-state index contributed by atoms with van der Waals surface area (Å²) in [7, 11) is 0. The van der Waals surface area contributed by atoms with Crippen LogP contribution in [0, 0.1) is 11.6 Å².